The Balaban J connectivity index is 4.81. The summed E-state index contributed by atoms with van der Waals surface area (Å²) in [5.74, 6) is -1.60. The number of unbranched alkanes of at least 4 members (excludes halogenated alkanes) is 18. The van der Waals surface area contributed by atoms with Gasteiger partial charge in [-0.05, 0) is 122 Å². The van der Waals surface area contributed by atoms with Crippen molar-refractivity contribution in [3.05, 3.63) is 122 Å². The maximum Gasteiger partial charge on any atom is 0.472 e. The standard InChI is InChI=1S/C66H109O11P/c1-4-7-10-13-16-19-22-25-27-29-31-33-35-38-41-44-47-50-53-56-65(69)76-62(58-67)60-74-78(71,72)75-61-63(59-73-64(68)55-52-49-46-43-40-37-24-21-18-15-12-9-6-3)77-66(70)57-54-51-48-45-42-39-36-34-32-30-28-26-23-20-17-14-11-8-5-2/h8,11,16-17,19-21,24-28,31-34,39,42,48,51,62-63,67H,4-7,9-10,12-15,18,22-23,29-30,35-38,40-41,43-47,49-50,52-61H2,1-3H3,(H,71,72)/b11-8-,19-16-,20-17-,24-21-,27-25-,28-26-,33-31-,34-32-,42-39-,51-48-. The zero-order chi connectivity index (χ0) is 56.9. The molecule has 0 aliphatic rings. The highest BCUT2D eigenvalue weighted by atomic mass is 31.2. The molecule has 3 atom stereocenters. The topological polar surface area (TPSA) is 155 Å². The summed E-state index contributed by atoms with van der Waals surface area (Å²) >= 11 is 0. The predicted molar refractivity (Wildman–Crippen MR) is 325 cm³/mol. The first-order chi connectivity index (χ1) is 38.2. The van der Waals surface area contributed by atoms with E-state index in [-0.39, 0.29) is 25.9 Å². The molecule has 0 rings (SSSR count). The molecule has 0 amide bonds. The molecule has 0 saturated carbocycles. The first-order valence-corrected chi connectivity index (χ1v) is 31.9. The van der Waals surface area contributed by atoms with Crippen LogP contribution in [0.25, 0.3) is 0 Å². The Hall–Kier alpha value is -4.12. The third-order valence-electron chi connectivity index (χ3n) is 12.4. The van der Waals surface area contributed by atoms with E-state index in [0.717, 1.165) is 122 Å². The Kier molecular flexibility index (Phi) is 55.9. The number of aliphatic hydroxyl groups is 1. The van der Waals surface area contributed by atoms with Crippen LogP contribution in [0.2, 0.25) is 0 Å². The second-order valence-electron chi connectivity index (χ2n) is 19.8. The summed E-state index contributed by atoms with van der Waals surface area (Å²) in [6, 6.07) is 0. The van der Waals surface area contributed by atoms with E-state index in [4.69, 9.17) is 23.3 Å². The molecule has 0 heterocycles. The fourth-order valence-electron chi connectivity index (χ4n) is 7.74. The van der Waals surface area contributed by atoms with Gasteiger partial charge in [-0.1, -0.05) is 219 Å². The molecule has 0 bridgehead atoms. The molecule has 0 aliphatic heterocycles. The van der Waals surface area contributed by atoms with E-state index in [1.54, 1.807) is 0 Å². The van der Waals surface area contributed by atoms with Crippen LogP contribution >= 0.6 is 7.82 Å². The smallest absolute Gasteiger partial charge is 0.462 e. The van der Waals surface area contributed by atoms with Crippen molar-refractivity contribution in [3.63, 3.8) is 0 Å². The van der Waals surface area contributed by atoms with Gasteiger partial charge in [0.25, 0.3) is 0 Å². The Morgan fingerprint density at radius 1 is 0.372 bits per heavy atom. The van der Waals surface area contributed by atoms with E-state index >= 15 is 0 Å². The molecule has 11 nitrogen and oxygen atoms in total. The van der Waals surface area contributed by atoms with Crippen molar-refractivity contribution in [2.24, 2.45) is 0 Å². The van der Waals surface area contributed by atoms with Crippen molar-refractivity contribution < 1.29 is 52.2 Å². The maximum absolute atomic E-state index is 12.9. The summed E-state index contributed by atoms with van der Waals surface area (Å²) in [5, 5.41) is 9.84. The Labute approximate surface area is 475 Å². The third kappa shape index (κ3) is 56.6. The molecule has 0 saturated heterocycles. The van der Waals surface area contributed by atoms with Gasteiger partial charge in [-0.15, -0.1) is 0 Å². The van der Waals surface area contributed by atoms with Crippen molar-refractivity contribution in [1.29, 1.82) is 0 Å². The van der Waals surface area contributed by atoms with E-state index < -0.39 is 57.8 Å². The summed E-state index contributed by atoms with van der Waals surface area (Å²) in [4.78, 5) is 48.6. The molecular formula is C66H109O11P. The summed E-state index contributed by atoms with van der Waals surface area (Å²) in [7, 11) is -4.78. The van der Waals surface area contributed by atoms with E-state index in [1.165, 1.54) is 51.4 Å². The number of hydrogen-bond acceptors (Lipinski definition) is 10. The minimum atomic E-state index is -4.78. The Bertz CT molecular complexity index is 1770. The maximum atomic E-state index is 12.9. The van der Waals surface area contributed by atoms with Crippen LogP contribution in [0.15, 0.2) is 122 Å². The Morgan fingerprint density at radius 3 is 1.14 bits per heavy atom. The molecule has 0 aromatic heterocycles. The highest BCUT2D eigenvalue weighted by Crippen LogP contribution is 2.43. The van der Waals surface area contributed by atoms with Crippen LogP contribution in [0.5, 0.6) is 0 Å². The molecule has 0 aromatic carbocycles. The lowest BCUT2D eigenvalue weighted by atomic mass is 10.1. The molecule has 0 aromatic rings. The zero-order valence-corrected chi connectivity index (χ0v) is 50.0. The average Bonchev–Trinajstić information content (AvgIpc) is 3.43. The largest absolute Gasteiger partial charge is 0.472 e. The normalized spacial score (nSPS) is 14.2. The number of aliphatic hydroxyl groups excluding tert-OH is 1. The number of phosphoric ester groups is 1. The zero-order valence-electron chi connectivity index (χ0n) is 49.1. The van der Waals surface area contributed by atoms with Crippen molar-refractivity contribution in [1.82, 2.24) is 0 Å². The van der Waals surface area contributed by atoms with Gasteiger partial charge in [-0.25, -0.2) is 4.57 Å². The minimum Gasteiger partial charge on any atom is -0.462 e. The number of phosphoric acid groups is 1. The summed E-state index contributed by atoms with van der Waals surface area (Å²) in [5.41, 5.74) is 0. The molecule has 12 heteroatoms. The first kappa shape index (κ1) is 73.9. The van der Waals surface area contributed by atoms with E-state index in [9.17, 15) is 28.9 Å². The second kappa shape index (κ2) is 59.0. The Morgan fingerprint density at radius 2 is 0.692 bits per heavy atom. The van der Waals surface area contributed by atoms with E-state index in [2.05, 4.69) is 130 Å². The van der Waals surface area contributed by atoms with Gasteiger partial charge in [0.1, 0.15) is 12.7 Å². The SMILES string of the molecule is CC/C=C\C/C=C\C/C=C\C/C=C\C/C=C\C/C=C\CCC(=O)OC(COC(=O)CCCCCCC/C=C\CCCCCC)COP(=O)(O)OCC(CO)OC(=O)CCCCCCCC/C=C\C/C=C\C/C=C\CCCCC. The van der Waals surface area contributed by atoms with Crippen LogP contribution < -0.4 is 0 Å². The molecule has 444 valence electrons. The summed E-state index contributed by atoms with van der Waals surface area (Å²) in [6.45, 7) is 4.38. The molecule has 78 heavy (non-hydrogen) atoms. The predicted octanol–water partition coefficient (Wildman–Crippen LogP) is 18.4. The number of esters is 3. The molecule has 0 aliphatic carbocycles. The number of ether oxygens (including phenoxy) is 3. The van der Waals surface area contributed by atoms with Gasteiger partial charge >= 0.3 is 25.7 Å². The average molecular weight is 1110 g/mol. The van der Waals surface area contributed by atoms with Crippen LogP contribution in [0.3, 0.4) is 0 Å². The van der Waals surface area contributed by atoms with Gasteiger partial charge in [-0.2, -0.15) is 0 Å². The van der Waals surface area contributed by atoms with Gasteiger partial charge in [0, 0.05) is 19.3 Å². The van der Waals surface area contributed by atoms with Crippen LogP contribution in [0.4, 0.5) is 0 Å². The lowest BCUT2D eigenvalue weighted by molar-refractivity contribution is -0.161. The van der Waals surface area contributed by atoms with Gasteiger partial charge < -0.3 is 24.2 Å². The second-order valence-corrected chi connectivity index (χ2v) is 21.2. The summed E-state index contributed by atoms with van der Waals surface area (Å²) < 4.78 is 39.5. The highest BCUT2D eigenvalue weighted by molar-refractivity contribution is 7.47. The van der Waals surface area contributed by atoms with Gasteiger partial charge in [-0.3, -0.25) is 23.4 Å². The van der Waals surface area contributed by atoms with Gasteiger partial charge in [0.2, 0.25) is 0 Å². The molecule has 0 radical (unpaired) electrons. The van der Waals surface area contributed by atoms with E-state index in [0.29, 0.717) is 25.7 Å². The number of hydrogen-bond donors (Lipinski definition) is 2. The fourth-order valence-corrected chi connectivity index (χ4v) is 8.52. The molecule has 0 fully saturated rings. The van der Waals surface area contributed by atoms with Gasteiger partial charge in [0.15, 0.2) is 6.10 Å². The van der Waals surface area contributed by atoms with Crippen LogP contribution in [-0.2, 0) is 42.2 Å². The molecule has 0 spiro atoms. The van der Waals surface area contributed by atoms with Crippen molar-refractivity contribution >= 4 is 25.7 Å². The van der Waals surface area contributed by atoms with E-state index in [1.807, 2.05) is 12.2 Å². The number of rotatable bonds is 55. The molecule has 2 N–H and O–H groups in total. The molecule has 3 unspecified atom stereocenters. The van der Waals surface area contributed by atoms with Crippen molar-refractivity contribution in [3.8, 4) is 0 Å². The number of allylic oxidation sites excluding steroid dienone is 20. The highest BCUT2D eigenvalue weighted by Gasteiger charge is 2.28. The lowest BCUT2D eigenvalue weighted by Gasteiger charge is -2.21. The lowest BCUT2D eigenvalue weighted by Crippen LogP contribution is -2.30. The van der Waals surface area contributed by atoms with Crippen LogP contribution in [0, 0.1) is 0 Å². The van der Waals surface area contributed by atoms with Crippen LogP contribution in [-0.4, -0.2) is 66.5 Å². The van der Waals surface area contributed by atoms with Gasteiger partial charge in [0.05, 0.1) is 19.8 Å². The fraction of sp³-hybridized carbons (Fsp3) is 0.652. The quantitative estimate of drug-likeness (QED) is 0.0197. The van der Waals surface area contributed by atoms with Crippen LogP contribution in [0.1, 0.15) is 239 Å². The first-order valence-electron chi connectivity index (χ1n) is 30.4. The molecular weight excluding hydrogens is 1000 g/mol. The number of carbonyl (C=O) groups is 3. The summed E-state index contributed by atoms with van der Waals surface area (Å²) in [6.07, 6.45) is 73.1. The van der Waals surface area contributed by atoms with Crippen molar-refractivity contribution in [2.45, 2.75) is 251 Å². The minimum absolute atomic E-state index is 0.0343. The number of carbonyl (C=O) groups excluding carboxylic acids is 3. The third-order valence-corrected chi connectivity index (χ3v) is 13.3. The monoisotopic (exact) mass is 1110 g/mol. The van der Waals surface area contributed by atoms with Crippen molar-refractivity contribution in [2.75, 3.05) is 26.4 Å².